The minimum absolute atomic E-state index is 0.266. The van der Waals surface area contributed by atoms with Crippen LogP contribution in [-0.2, 0) is 0 Å². The number of aryl methyl sites for hydroxylation is 1. The highest BCUT2D eigenvalue weighted by Crippen LogP contribution is 2.21. The summed E-state index contributed by atoms with van der Waals surface area (Å²) in [4.78, 5) is 0. The van der Waals surface area contributed by atoms with Gasteiger partial charge in [0.05, 0.1) is 6.10 Å². The van der Waals surface area contributed by atoms with Crippen LogP contribution in [0, 0.1) is 12.7 Å². The van der Waals surface area contributed by atoms with E-state index in [1.165, 1.54) is 6.07 Å². The zero-order valence-corrected chi connectivity index (χ0v) is 12.1. The van der Waals surface area contributed by atoms with Crippen molar-refractivity contribution in [1.29, 1.82) is 0 Å². The van der Waals surface area contributed by atoms with Gasteiger partial charge in [0.15, 0.2) is 0 Å². The summed E-state index contributed by atoms with van der Waals surface area (Å²) in [6.07, 6.45) is -0.870. The summed E-state index contributed by atoms with van der Waals surface area (Å²) in [5, 5.41) is 13.1. The second-order valence-corrected chi connectivity index (χ2v) is 5.24. The smallest absolute Gasteiger partial charge is 0.129 e. The van der Waals surface area contributed by atoms with Gasteiger partial charge in [-0.05, 0) is 36.8 Å². The fourth-order valence-electron chi connectivity index (χ4n) is 1.82. The van der Waals surface area contributed by atoms with Crippen molar-refractivity contribution in [3.8, 4) is 0 Å². The molecule has 100 valence electrons. The lowest BCUT2D eigenvalue weighted by atomic mass is 10.1. The second kappa shape index (κ2) is 6.17. The zero-order valence-electron chi connectivity index (χ0n) is 10.5. The minimum atomic E-state index is -0.870. The first-order chi connectivity index (χ1) is 9.08. The van der Waals surface area contributed by atoms with Crippen LogP contribution in [0.1, 0.15) is 17.2 Å². The molecular weight excluding hydrogens is 309 g/mol. The molecule has 0 radical (unpaired) electrons. The quantitative estimate of drug-likeness (QED) is 0.889. The molecule has 0 aliphatic heterocycles. The Morgan fingerprint density at radius 3 is 2.68 bits per heavy atom. The van der Waals surface area contributed by atoms with Gasteiger partial charge in [-0.3, -0.25) is 0 Å². The van der Waals surface area contributed by atoms with Crippen molar-refractivity contribution < 1.29 is 9.50 Å². The number of hydrogen-bond acceptors (Lipinski definition) is 2. The Morgan fingerprint density at radius 1 is 1.26 bits per heavy atom. The molecule has 2 N–H and O–H groups in total. The fraction of sp³-hybridized carbons (Fsp3) is 0.200. The molecule has 0 aliphatic rings. The van der Waals surface area contributed by atoms with Gasteiger partial charge >= 0.3 is 0 Å². The molecule has 0 bridgehead atoms. The highest BCUT2D eigenvalue weighted by Gasteiger charge is 2.11. The van der Waals surface area contributed by atoms with Crippen LogP contribution >= 0.6 is 15.9 Å². The molecule has 0 saturated heterocycles. The molecule has 2 nitrogen and oxygen atoms in total. The van der Waals surface area contributed by atoms with E-state index in [4.69, 9.17) is 0 Å². The molecule has 0 fully saturated rings. The molecular formula is C15H15BrFNO. The standard InChI is InChI=1S/C15H15BrFNO/c1-10-8-11(6-7-13(10)16)18-9-15(19)12-4-2-3-5-14(12)17/h2-8,15,18-19H,9H2,1H3. The van der Waals surface area contributed by atoms with E-state index in [1.54, 1.807) is 18.2 Å². The summed E-state index contributed by atoms with van der Waals surface area (Å²) >= 11 is 3.43. The molecule has 0 amide bonds. The summed E-state index contributed by atoms with van der Waals surface area (Å²) in [5.41, 5.74) is 2.31. The van der Waals surface area contributed by atoms with Crippen LogP contribution in [0.3, 0.4) is 0 Å². The van der Waals surface area contributed by atoms with Gasteiger partial charge in [0, 0.05) is 22.3 Å². The molecule has 1 atom stereocenters. The van der Waals surface area contributed by atoms with E-state index in [2.05, 4.69) is 21.2 Å². The summed E-state index contributed by atoms with van der Waals surface area (Å²) in [6.45, 7) is 2.25. The summed E-state index contributed by atoms with van der Waals surface area (Å²) < 4.78 is 14.5. The van der Waals surface area contributed by atoms with Crippen LogP contribution in [0.4, 0.5) is 10.1 Å². The van der Waals surface area contributed by atoms with Gasteiger partial charge in [-0.1, -0.05) is 34.1 Å². The number of halogens is 2. The van der Waals surface area contributed by atoms with Crippen molar-refractivity contribution in [3.05, 3.63) is 63.9 Å². The molecule has 2 rings (SSSR count). The van der Waals surface area contributed by atoms with Crippen LogP contribution in [0.15, 0.2) is 46.9 Å². The van der Waals surface area contributed by atoms with Crippen molar-refractivity contribution in [1.82, 2.24) is 0 Å². The highest BCUT2D eigenvalue weighted by molar-refractivity contribution is 9.10. The van der Waals surface area contributed by atoms with Gasteiger partial charge in [-0.15, -0.1) is 0 Å². The minimum Gasteiger partial charge on any atom is -0.386 e. The molecule has 2 aromatic rings. The Morgan fingerprint density at radius 2 is 2.00 bits per heavy atom. The van der Waals surface area contributed by atoms with E-state index in [1.807, 2.05) is 25.1 Å². The first-order valence-corrected chi connectivity index (χ1v) is 6.80. The van der Waals surface area contributed by atoms with E-state index in [0.717, 1.165) is 15.7 Å². The fourth-order valence-corrected chi connectivity index (χ4v) is 2.07. The molecule has 1 unspecified atom stereocenters. The predicted octanol–water partition coefficient (Wildman–Crippen LogP) is 4.04. The van der Waals surface area contributed by atoms with E-state index < -0.39 is 6.10 Å². The van der Waals surface area contributed by atoms with Crippen LogP contribution in [-0.4, -0.2) is 11.7 Å². The normalized spacial score (nSPS) is 12.2. The second-order valence-electron chi connectivity index (χ2n) is 4.38. The number of rotatable bonds is 4. The first kappa shape index (κ1) is 14.0. The SMILES string of the molecule is Cc1cc(NCC(O)c2ccccc2F)ccc1Br. The van der Waals surface area contributed by atoms with Gasteiger partial charge in [0.1, 0.15) is 5.82 Å². The van der Waals surface area contributed by atoms with Crippen molar-refractivity contribution >= 4 is 21.6 Å². The molecule has 4 heteroatoms. The summed E-state index contributed by atoms with van der Waals surface area (Å²) in [6, 6.07) is 12.1. The molecule has 0 spiro atoms. The maximum absolute atomic E-state index is 13.5. The van der Waals surface area contributed by atoms with E-state index in [-0.39, 0.29) is 12.4 Å². The lowest BCUT2D eigenvalue weighted by Crippen LogP contribution is -2.13. The number of aliphatic hydroxyl groups is 1. The average molecular weight is 324 g/mol. The Hall–Kier alpha value is -1.39. The van der Waals surface area contributed by atoms with E-state index >= 15 is 0 Å². The maximum Gasteiger partial charge on any atom is 0.129 e. The molecule has 0 saturated carbocycles. The van der Waals surface area contributed by atoms with Crippen LogP contribution < -0.4 is 5.32 Å². The summed E-state index contributed by atoms with van der Waals surface area (Å²) in [7, 11) is 0. The first-order valence-electron chi connectivity index (χ1n) is 6.00. The Kier molecular flexibility index (Phi) is 4.56. The molecule has 2 aromatic carbocycles. The monoisotopic (exact) mass is 323 g/mol. The zero-order chi connectivity index (χ0) is 13.8. The number of nitrogens with one attached hydrogen (secondary N) is 1. The number of anilines is 1. The van der Waals surface area contributed by atoms with Gasteiger partial charge in [0.2, 0.25) is 0 Å². The lowest BCUT2D eigenvalue weighted by molar-refractivity contribution is 0.186. The van der Waals surface area contributed by atoms with Crippen molar-refractivity contribution in [2.75, 3.05) is 11.9 Å². The Labute approximate surface area is 120 Å². The number of aliphatic hydroxyl groups excluding tert-OH is 1. The maximum atomic E-state index is 13.5. The van der Waals surface area contributed by atoms with E-state index in [9.17, 15) is 9.50 Å². The predicted molar refractivity (Wildman–Crippen MR) is 78.7 cm³/mol. The van der Waals surface area contributed by atoms with Gasteiger partial charge in [0.25, 0.3) is 0 Å². The van der Waals surface area contributed by atoms with Crippen LogP contribution in [0.25, 0.3) is 0 Å². The van der Waals surface area contributed by atoms with Gasteiger partial charge in [-0.25, -0.2) is 4.39 Å². The molecule has 0 aromatic heterocycles. The third-order valence-electron chi connectivity index (χ3n) is 2.92. The van der Waals surface area contributed by atoms with Crippen LogP contribution in [0.2, 0.25) is 0 Å². The van der Waals surface area contributed by atoms with Gasteiger partial charge in [-0.2, -0.15) is 0 Å². The molecule has 0 aliphatic carbocycles. The third kappa shape index (κ3) is 3.55. The largest absolute Gasteiger partial charge is 0.386 e. The Bertz CT molecular complexity index is 574. The van der Waals surface area contributed by atoms with Crippen LogP contribution in [0.5, 0.6) is 0 Å². The molecule has 0 heterocycles. The average Bonchev–Trinajstić information content (AvgIpc) is 2.40. The number of benzene rings is 2. The van der Waals surface area contributed by atoms with Crippen molar-refractivity contribution in [2.45, 2.75) is 13.0 Å². The highest BCUT2D eigenvalue weighted by atomic mass is 79.9. The van der Waals surface area contributed by atoms with Gasteiger partial charge < -0.3 is 10.4 Å². The van der Waals surface area contributed by atoms with Crippen molar-refractivity contribution in [3.63, 3.8) is 0 Å². The van der Waals surface area contributed by atoms with Crippen molar-refractivity contribution in [2.24, 2.45) is 0 Å². The van der Waals surface area contributed by atoms with E-state index in [0.29, 0.717) is 5.56 Å². The lowest BCUT2D eigenvalue weighted by Gasteiger charge is -2.14. The summed E-state index contributed by atoms with van der Waals surface area (Å²) in [5.74, 6) is -0.385. The third-order valence-corrected chi connectivity index (χ3v) is 3.81. The topological polar surface area (TPSA) is 32.3 Å². The Balaban J connectivity index is 2.02. The molecule has 19 heavy (non-hydrogen) atoms. The number of hydrogen-bond donors (Lipinski definition) is 2.